The standard InChI is InChI=1S/C14H13N3S/c1-17-14(15)9-11(16-17)13-8-7-12(18-13)10-5-3-2-4-6-10/h2-9H,15H2,1H3. The number of aryl methyl sites for hydroxylation is 1. The van der Waals surface area contributed by atoms with Crippen molar-refractivity contribution in [3.63, 3.8) is 0 Å². The van der Waals surface area contributed by atoms with Gasteiger partial charge in [0.15, 0.2) is 0 Å². The van der Waals surface area contributed by atoms with E-state index in [0.29, 0.717) is 5.82 Å². The summed E-state index contributed by atoms with van der Waals surface area (Å²) in [4.78, 5) is 2.39. The Kier molecular flexibility index (Phi) is 2.64. The largest absolute Gasteiger partial charge is 0.384 e. The Morgan fingerprint density at radius 1 is 1.06 bits per heavy atom. The summed E-state index contributed by atoms with van der Waals surface area (Å²) in [6.07, 6.45) is 0. The first kappa shape index (κ1) is 11.0. The van der Waals surface area contributed by atoms with Gasteiger partial charge in [0, 0.05) is 18.0 Å². The SMILES string of the molecule is Cn1nc(-c2ccc(-c3ccccc3)s2)cc1N. The van der Waals surface area contributed by atoms with Crippen LogP contribution >= 0.6 is 11.3 Å². The molecule has 18 heavy (non-hydrogen) atoms. The molecular weight excluding hydrogens is 242 g/mol. The Balaban J connectivity index is 1.99. The number of benzene rings is 1. The third kappa shape index (κ3) is 1.91. The maximum absolute atomic E-state index is 5.80. The van der Waals surface area contributed by atoms with Gasteiger partial charge in [0.25, 0.3) is 0 Å². The summed E-state index contributed by atoms with van der Waals surface area (Å²) in [6.45, 7) is 0. The van der Waals surface area contributed by atoms with E-state index in [1.54, 1.807) is 16.0 Å². The molecule has 3 rings (SSSR count). The van der Waals surface area contributed by atoms with Crippen LogP contribution < -0.4 is 5.73 Å². The van der Waals surface area contributed by atoms with Crippen molar-refractivity contribution in [2.75, 3.05) is 5.73 Å². The zero-order chi connectivity index (χ0) is 12.5. The molecule has 2 N–H and O–H groups in total. The van der Waals surface area contributed by atoms with Crippen molar-refractivity contribution in [1.29, 1.82) is 0 Å². The zero-order valence-electron chi connectivity index (χ0n) is 10.00. The maximum atomic E-state index is 5.80. The molecule has 0 aliphatic heterocycles. The highest BCUT2D eigenvalue weighted by molar-refractivity contribution is 7.18. The van der Waals surface area contributed by atoms with Crippen molar-refractivity contribution in [1.82, 2.24) is 9.78 Å². The number of nitrogens with zero attached hydrogens (tertiary/aromatic N) is 2. The molecule has 0 fully saturated rings. The predicted octanol–water partition coefficient (Wildman–Crippen LogP) is 3.40. The van der Waals surface area contributed by atoms with Gasteiger partial charge in [0.05, 0.1) is 4.88 Å². The van der Waals surface area contributed by atoms with Gasteiger partial charge in [-0.15, -0.1) is 11.3 Å². The fraction of sp³-hybridized carbons (Fsp3) is 0.0714. The minimum Gasteiger partial charge on any atom is -0.384 e. The molecule has 0 aliphatic carbocycles. The summed E-state index contributed by atoms with van der Waals surface area (Å²) in [6, 6.07) is 16.5. The molecule has 3 nitrogen and oxygen atoms in total. The van der Waals surface area contributed by atoms with E-state index in [1.807, 2.05) is 31.3 Å². The quantitative estimate of drug-likeness (QED) is 0.762. The number of nitrogens with two attached hydrogens (primary N) is 1. The molecule has 1 aromatic carbocycles. The first-order valence-electron chi connectivity index (χ1n) is 5.69. The number of thiophene rings is 1. The number of hydrogen-bond donors (Lipinski definition) is 1. The van der Waals surface area contributed by atoms with E-state index in [2.05, 4.69) is 29.4 Å². The topological polar surface area (TPSA) is 43.8 Å². The minimum absolute atomic E-state index is 0.680. The van der Waals surface area contributed by atoms with Gasteiger partial charge in [-0.05, 0) is 17.7 Å². The van der Waals surface area contributed by atoms with Crippen LogP contribution in [0.3, 0.4) is 0 Å². The normalized spacial score (nSPS) is 10.7. The molecule has 0 saturated carbocycles. The Morgan fingerprint density at radius 2 is 1.78 bits per heavy atom. The Bertz CT molecular complexity index is 648. The van der Waals surface area contributed by atoms with E-state index in [9.17, 15) is 0 Å². The van der Waals surface area contributed by atoms with Gasteiger partial charge in [-0.3, -0.25) is 4.68 Å². The summed E-state index contributed by atoms with van der Waals surface area (Å²) in [5.41, 5.74) is 7.97. The maximum Gasteiger partial charge on any atom is 0.121 e. The van der Waals surface area contributed by atoms with Crippen LogP contribution in [0.2, 0.25) is 0 Å². The molecule has 0 amide bonds. The van der Waals surface area contributed by atoms with E-state index in [4.69, 9.17) is 5.73 Å². The fourth-order valence-electron chi connectivity index (χ4n) is 1.84. The molecule has 90 valence electrons. The highest BCUT2D eigenvalue weighted by Crippen LogP contribution is 2.34. The van der Waals surface area contributed by atoms with Gasteiger partial charge in [0.1, 0.15) is 11.5 Å². The average Bonchev–Trinajstić information content (AvgIpc) is 2.99. The van der Waals surface area contributed by atoms with E-state index in [1.165, 1.54) is 10.4 Å². The first-order valence-corrected chi connectivity index (χ1v) is 6.51. The summed E-state index contributed by atoms with van der Waals surface area (Å²) >= 11 is 1.73. The molecular formula is C14H13N3S. The summed E-state index contributed by atoms with van der Waals surface area (Å²) in [5, 5.41) is 4.39. The van der Waals surface area contributed by atoms with Crippen LogP contribution in [0.1, 0.15) is 0 Å². The zero-order valence-corrected chi connectivity index (χ0v) is 10.8. The number of aromatic nitrogens is 2. The average molecular weight is 255 g/mol. The number of rotatable bonds is 2. The van der Waals surface area contributed by atoms with Crippen molar-refractivity contribution in [3.8, 4) is 21.0 Å². The Morgan fingerprint density at radius 3 is 2.44 bits per heavy atom. The van der Waals surface area contributed by atoms with Crippen LogP contribution in [0.15, 0.2) is 48.5 Å². The van der Waals surface area contributed by atoms with Gasteiger partial charge in [-0.2, -0.15) is 5.10 Å². The van der Waals surface area contributed by atoms with Crippen LogP contribution in [0.4, 0.5) is 5.82 Å². The second-order valence-electron chi connectivity index (χ2n) is 4.11. The van der Waals surface area contributed by atoms with E-state index in [0.717, 1.165) is 10.6 Å². The van der Waals surface area contributed by atoms with Gasteiger partial charge in [-0.1, -0.05) is 30.3 Å². The molecule has 3 aromatic rings. The smallest absolute Gasteiger partial charge is 0.121 e. The summed E-state index contributed by atoms with van der Waals surface area (Å²) in [5.74, 6) is 0.680. The Labute approximate surface area is 109 Å². The fourth-order valence-corrected chi connectivity index (χ4v) is 2.80. The highest BCUT2D eigenvalue weighted by atomic mass is 32.1. The molecule has 0 aliphatic rings. The Hall–Kier alpha value is -2.07. The molecule has 2 heterocycles. The molecule has 4 heteroatoms. The molecule has 0 saturated heterocycles. The third-order valence-corrected chi connectivity index (χ3v) is 3.99. The molecule has 0 unspecified atom stereocenters. The molecule has 2 aromatic heterocycles. The second-order valence-corrected chi connectivity index (χ2v) is 5.19. The van der Waals surface area contributed by atoms with Gasteiger partial charge in [-0.25, -0.2) is 0 Å². The van der Waals surface area contributed by atoms with Crippen molar-refractivity contribution < 1.29 is 0 Å². The van der Waals surface area contributed by atoms with Crippen molar-refractivity contribution in [3.05, 3.63) is 48.5 Å². The molecule has 0 radical (unpaired) electrons. The second kappa shape index (κ2) is 4.31. The van der Waals surface area contributed by atoms with Gasteiger partial charge in [0.2, 0.25) is 0 Å². The molecule has 0 atom stereocenters. The molecule has 0 spiro atoms. The number of anilines is 1. The van der Waals surface area contributed by atoms with Crippen LogP contribution in [-0.4, -0.2) is 9.78 Å². The van der Waals surface area contributed by atoms with Crippen LogP contribution in [-0.2, 0) is 7.05 Å². The van der Waals surface area contributed by atoms with Crippen molar-refractivity contribution >= 4 is 17.2 Å². The number of nitrogen functional groups attached to an aromatic ring is 1. The van der Waals surface area contributed by atoms with E-state index >= 15 is 0 Å². The molecule has 0 bridgehead atoms. The number of hydrogen-bond acceptors (Lipinski definition) is 3. The van der Waals surface area contributed by atoms with E-state index < -0.39 is 0 Å². The van der Waals surface area contributed by atoms with E-state index in [-0.39, 0.29) is 0 Å². The van der Waals surface area contributed by atoms with Crippen molar-refractivity contribution in [2.45, 2.75) is 0 Å². The summed E-state index contributed by atoms with van der Waals surface area (Å²) < 4.78 is 1.69. The van der Waals surface area contributed by atoms with Crippen LogP contribution in [0, 0.1) is 0 Å². The highest BCUT2D eigenvalue weighted by Gasteiger charge is 2.08. The van der Waals surface area contributed by atoms with Crippen LogP contribution in [0.25, 0.3) is 21.0 Å². The lowest BCUT2D eigenvalue weighted by Crippen LogP contribution is -1.96. The van der Waals surface area contributed by atoms with Gasteiger partial charge < -0.3 is 5.73 Å². The first-order chi connectivity index (χ1) is 8.74. The lowest BCUT2D eigenvalue weighted by Gasteiger charge is -1.94. The lowest BCUT2D eigenvalue weighted by atomic mass is 10.2. The monoisotopic (exact) mass is 255 g/mol. The minimum atomic E-state index is 0.680. The summed E-state index contributed by atoms with van der Waals surface area (Å²) in [7, 11) is 1.85. The van der Waals surface area contributed by atoms with Gasteiger partial charge >= 0.3 is 0 Å². The third-order valence-electron chi connectivity index (χ3n) is 2.83. The van der Waals surface area contributed by atoms with Crippen LogP contribution in [0.5, 0.6) is 0 Å². The van der Waals surface area contributed by atoms with Crippen molar-refractivity contribution in [2.24, 2.45) is 7.05 Å². The predicted molar refractivity (Wildman–Crippen MR) is 76.4 cm³/mol. The lowest BCUT2D eigenvalue weighted by molar-refractivity contribution is 0.783.